The van der Waals surface area contributed by atoms with Crippen molar-refractivity contribution < 1.29 is 9.13 Å². The maximum Gasteiger partial charge on any atom is 0.132 e. The molecule has 0 bridgehead atoms. The fourth-order valence-corrected chi connectivity index (χ4v) is 5.42. The molecule has 0 amide bonds. The highest BCUT2D eigenvalue weighted by molar-refractivity contribution is 5.89. The van der Waals surface area contributed by atoms with Gasteiger partial charge in [-0.25, -0.2) is 4.39 Å². The number of fused-ring (bicyclic) bond motifs is 1. The van der Waals surface area contributed by atoms with Gasteiger partial charge in [0.05, 0.1) is 6.04 Å². The Labute approximate surface area is 216 Å². The highest BCUT2D eigenvalue weighted by Gasteiger charge is 2.31. The van der Waals surface area contributed by atoms with Crippen molar-refractivity contribution in [1.82, 2.24) is 10.2 Å². The molecule has 36 heavy (non-hydrogen) atoms. The van der Waals surface area contributed by atoms with Gasteiger partial charge in [0.25, 0.3) is 0 Å². The highest BCUT2D eigenvalue weighted by atomic mass is 19.1. The largest absolute Gasteiger partial charge is 0.492 e. The molecule has 2 aliphatic heterocycles. The highest BCUT2D eigenvalue weighted by Crippen LogP contribution is 2.38. The summed E-state index contributed by atoms with van der Waals surface area (Å²) in [4.78, 5) is 2.39. The van der Waals surface area contributed by atoms with Crippen molar-refractivity contribution >= 4 is 11.9 Å². The minimum absolute atomic E-state index is 0.129. The van der Waals surface area contributed by atoms with E-state index in [0.29, 0.717) is 17.9 Å². The Morgan fingerprint density at radius 1 is 1.25 bits per heavy atom. The van der Waals surface area contributed by atoms with Crippen molar-refractivity contribution in [2.75, 3.05) is 38.1 Å². The van der Waals surface area contributed by atoms with Crippen molar-refractivity contribution in [2.45, 2.75) is 66.5 Å². The van der Waals surface area contributed by atoms with Gasteiger partial charge in [-0.3, -0.25) is 4.90 Å². The first-order valence-electron chi connectivity index (χ1n) is 13.4. The van der Waals surface area contributed by atoms with Gasteiger partial charge in [-0.05, 0) is 60.4 Å². The van der Waals surface area contributed by atoms with Gasteiger partial charge in [0.15, 0.2) is 0 Å². The van der Waals surface area contributed by atoms with Crippen LogP contribution in [-0.4, -0.2) is 49.9 Å². The van der Waals surface area contributed by atoms with Gasteiger partial charge >= 0.3 is 0 Å². The van der Waals surface area contributed by atoms with E-state index in [1.807, 2.05) is 19.1 Å². The lowest BCUT2D eigenvalue weighted by Crippen LogP contribution is -2.47. The van der Waals surface area contributed by atoms with Crippen molar-refractivity contribution in [2.24, 2.45) is 11.3 Å². The molecule has 2 aromatic carbocycles. The lowest BCUT2D eigenvalue weighted by molar-refractivity contribution is 0.0805. The van der Waals surface area contributed by atoms with Crippen LogP contribution >= 0.6 is 0 Å². The summed E-state index contributed by atoms with van der Waals surface area (Å²) in [5.74, 6) is 1.16. The number of rotatable bonds is 9. The Kier molecular flexibility index (Phi) is 8.06. The first-order chi connectivity index (χ1) is 17.1. The van der Waals surface area contributed by atoms with E-state index in [1.165, 1.54) is 18.7 Å². The fourth-order valence-electron chi connectivity index (χ4n) is 5.42. The molecule has 1 fully saturated rings. The zero-order valence-electron chi connectivity index (χ0n) is 22.8. The quantitative estimate of drug-likeness (QED) is 0.378. The Morgan fingerprint density at radius 2 is 2.00 bits per heavy atom. The lowest BCUT2D eigenvalue weighted by Gasteiger charge is -2.38. The van der Waals surface area contributed by atoms with E-state index in [4.69, 9.17) is 10.1 Å². The molecule has 2 atom stereocenters. The molecular formula is C30H43FN4O. The molecule has 0 radical (unpaired) electrons. The molecule has 196 valence electrons. The van der Waals surface area contributed by atoms with E-state index in [9.17, 15) is 0 Å². The van der Waals surface area contributed by atoms with Gasteiger partial charge in [0.1, 0.15) is 18.2 Å². The number of hydrogen-bond donors (Lipinski definition) is 3. The molecule has 5 nitrogen and oxygen atoms in total. The van der Waals surface area contributed by atoms with Crippen LogP contribution in [0.5, 0.6) is 5.75 Å². The summed E-state index contributed by atoms with van der Waals surface area (Å²) in [7, 11) is 0. The van der Waals surface area contributed by atoms with Crippen LogP contribution in [0.15, 0.2) is 24.3 Å². The third-order valence-corrected chi connectivity index (χ3v) is 7.50. The molecule has 6 heteroatoms. The summed E-state index contributed by atoms with van der Waals surface area (Å²) < 4.78 is 21.5. The van der Waals surface area contributed by atoms with Crippen molar-refractivity contribution in [1.29, 1.82) is 5.41 Å². The predicted octanol–water partition coefficient (Wildman–Crippen LogP) is 5.93. The van der Waals surface area contributed by atoms with Gasteiger partial charge in [0, 0.05) is 61.3 Å². The molecule has 2 unspecified atom stereocenters. The first kappa shape index (κ1) is 26.6. The molecule has 0 saturated carbocycles. The normalized spacial score (nSPS) is 20.5. The van der Waals surface area contributed by atoms with Crippen LogP contribution in [0.2, 0.25) is 0 Å². The van der Waals surface area contributed by atoms with Gasteiger partial charge in [-0.2, -0.15) is 0 Å². The Hall–Kier alpha value is -2.44. The zero-order chi connectivity index (χ0) is 26.0. The lowest BCUT2D eigenvalue weighted by atomic mass is 9.82. The second-order valence-electron chi connectivity index (χ2n) is 11.9. The molecule has 1 saturated heterocycles. The summed E-state index contributed by atoms with van der Waals surface area (Å²) >= 11 is 0. The molecule has 4 rings (SSSR count). The monoisotopic (exact) mass is 494 g/mol. The number of anilines is 1. The van der Waals surface area contributed by atoms with Crippen molar-refractivity contribution in [3.05, 3.63) is 57.9 Å². The molecule has 2 aliphatic rings. The summed E-state index contributed by atoms with van der Waals surface area (Å²) in [6, 6.07) is 7.53. The standard InChI is InChI=1S/C30H43FN4O/c1-7-21-16-35(17-21)10-11-36-22-12-19(2)28(26(31)14-22)29-23-8-9-27(33-18-30(4,5)6)25(15-32)24(23)13-20(3)34-29/h8-9,12,14-15,20-21,29,32-34H,7,10-11,13,16-18H2,1-6H3. The Bertz CT molecular complexity index is 1060. The van der Waals surface area contributed by atoms with E-state index in [0.717, 1.165) is 66.5 Å². The Balaban J connectivity index is 1.55. The van der Waals surface area contributed by atoms with Crippen molar-refractivity contribution in [3.63, 3.8) is 0 Å². The molecule has 0 aromatic heterocycles. The van der Waals surface area contributed by atoms with Gasteiger partial charge < -0.3 is 20.8 Å². The number of likely N-dealkylation sites (tertiary alicyclic amines) is 1. The van der Waals surface area contributed by atoms with E-state index in [1.54, 1.807) is 0 Å². The first-order valence-corrected chi connectivity index (χ1v) is 13.4. The van der Waals surface area contributed by atoms with Gasteiger partial charge in [-0.15, -0.1) is 0 Å². The molecule has 2 aromatic rings. The summed E-state index contributed by atoms with van der Waals surface area (Å²) in [6.07, 6.45) is 3.48. The molecular weight excluding hydrogens is 451 g/mol. The minimum Gasteiger partial charge on any atom is -0.492 e. The number of benzene rings is 2. The SMILES string of the molecule is CCC1CN(CCOc2cc(C)c(C3NC(C)Cc4c3ccc(NCC(C)(C)C)c4C=N)c(F)c2)C1. The second kappa shape index (κ2) is 10.9. The van der Waals surface area contributed by atoms with Crippen LogP contribution in [0.1, 0.15) is 74.9 Å². The number of nitrogens with zero attached hydrogens (tertiary/aromatic N) is 1. The fraction of sp³-hybridized carbons (Fsp3) is 0.567. The smallest absolute Gasteiger partial charge is 0.132 e. The number of aryl methyl sites for hydroxylation is 1. The number of ether oxygens (including phenoxy) is 1. The van der Waals surface area contributed by atoms with Crippen molar-refractivity contribution in [3.8, 4) is 5.75 Å². The van der Waals surface area contributed by atoms with Gasteiger partial charge in [-0.1, -0.05) is 40.2 Å². The second-order valence-corrected chi connectivity index (χ2v) is 11.9. The Morgan fingerprint density at radius 3 is 2.64 bits per heavy atom. The van der Waals surface area contributed by atoms with Crippen LogP contribution in [0.3, 0.4) is 0 Å². The van der Waals surface area contributed by atoms with Crippen LogP contribution in [0.4, 0.5) is 10.1 Å². The van der Waals surface area contributed by atoms with E-state index in [2.05, 4.69) is 56.2 Å². The summed E-state index contributed by atoms with van der Waals surface area (Å²) in [5.41, 5.74) is 5.72. The van der Waals surface area contributed by atoms with Crippen LogP contribution < -0.4 is 15.4 Å². The number of nitrogens with one attached hydrogen (secondary N) is 3. The predicted molar refractivity (Wildman–Crippen MR) is 147 cm³/mol. The molecule has 3 N–H and O–H groups in total. The number of hydrogen-bond acceptors (Lipinski definition) is 5. The maximum absolute atomic E-state index is 15.6. The average Bonchev–Trinajstić information content (AvgIpc) is 2.77. The van der Waals surface area contributed by atoms with Crippen LogP contribution in [0.25, 0.3) is 0 Å². The van der Waals surface area contributed by atoms with Gasteiger partial charge in [0.2, 0.25) is 0 Å². The average molecular weight is 495 g/mol. The summed E-state index contributed by atoms with van der Waals surface area (Å²) in [6.45, 7) is 17.5. The minimum atomic E-state index is -0.264. The summed E-state index contributed by atoms with van der Waals surface area (Å²) in [5, 5.41) is 15.3. The van der Waals surface area contributed by atoms with E-state index >= 15 is 4.39 Å². The molecule has 0 aliphatic carbocycles. The van der Waals surface area contributed by atoms with E-state index in [-0.39, 0.29) is 23.3 Å². The zero-order valence-corrected chi connectivity index (χ0v) is 22.8. The van der Waals surface area contributed by atoms with Crippen LogP contribution in [0, 0.1) is 29.5 Å². The third-order valence-electron chi connectivity index (χ3n) is 7.50. The topological polar surface area (TPSA) is 60.4 Å². The maximum atomic E-state index is 15.6. The third kappa shape index (κ3) is 5.92. The number of halogens is 1. The van der Waals surface area contributed by atoms with E-state index < -0.39 is 0 Å². The molecule has 2 heterocycles. The van der Waals surface area contributed by atoms with Crippen LogP contribution in [-0.2, 0) is 6.42 Å². The molecule has 0 spiro atoms.